The lowest BCUT2D eigenvalue weighted by Gasteiger charge is -2.12. The SMILES string of the molecule is Cc1ccc2c3ccc(C(F)(F)F)cc3n(-c3ccc4c(c3)c3ccccc3n4-c3ccc(-c4nc(-c5ccccc5)nc(-c5ccccc5)n4)cc3)c2c1. The van der Waals surface area contributed by atoms with E-state index in [0.29, 0.717) is 23.0 Å². The number of fused-ring (bicyclic) bond motifs is 6. The van der Waals surface area contributed by atoms with Crippen LogP contribution in [0.1, 0.15) is 11.1 Å². The third-order valence-electron chi connectivity index (χ3n) is 10.2. The van der Waals surface area contributed by atoms with Gasteiger partial charge in [0.15, 0.2) is 17.5 Å². The molecule has 0 spiro atoms. The van der Waals surface area contributed by atoms with E-state index in [1.807, 2.05) is 121 Å². The molecule has 0 saturated heterocycles. The summed E-state index contributed by atoms with van der Waals surface area (Å²) in [6.07, 6.45) is -4.46. The van der Waals surface area contributed by atoms with Crippen molar-refractivity contribution in [2.75, 3.05) is 0 Å². The Kier molecular flexibility index (Phi) is 7.42. The minimum absolute atomic E-state index is 0.512. The number of rotatable bonds is 5. The fourth-order valence-electron chi connectivity index (χ4n) is 7.66. The van der Waals surface area contributed by atoms with Gasteiger partial charge in [0.05, 0.1) is 27.6 Å². The summed E-state index contributed by atoms with van der Waals surface area (Å²) >= 11 is 0. The van der Waals surface area contributed by atoms with Crippen molar-refractivity contribution in [3.05, 3.63) is 175 Å². The largest absolute Gasteiger partial charge is 0.416 e. The maximum absolute atomic E-state index is 14.0. The topological polar surface area (TPSA) is 48.5 Å². The van der Waals surface area contributed by atoms with Crippen molar-refractivity contribution in [3.8, 4) is 45.5 Å². The van der Waals surface area contributed by atoms with Gasteiger partial charge in [-0.15, -0.1) is 0 Å². The van der Waals surface area contributed by atoms with Crippen LogP contribution < -0.4 is 0 Å². The number of hydrogen-bond acceptors (Lipinski definition) is 3. The number of halogens is 3. The molecular formula is C47H30F3N5. The highest BCUT2D eigenvalue weighted by molar-refractivity contribution is 6.12. The standard InChI is InChI=1S/C47H30F3N5/c1-29-16-23-37-38-24-19-33(47(48,49)50)27-43(38)55(42(37)26-29)35-22-25-41-39(28-35)36-14-8-9-15-40(36)54(41)34-20-17-32(18-21-34)46-52-44(30-10-4-2-5-11-30)51-45(53-46)31-12-6-3-7-13-31/h2-28H,1H3. The number of hydrogen-bond donors (Lipinski definition) is 0. The van der Waals surface area contributed by atoms with Crippen molar-refractivity contribution in [1.82, 2.24) is 24.1 Å². The fourth-order valence-corrected chi connectivity index (χ4v) is 7.66. The summed E-state index contributed by atoms with van der Waals surface area (Å²) in [7, 11) is 0. The van der Waals surface area contributed by atoms with Crippen LogP contribution in [0.25, 0.3) is 89.2 Å². The highest BCUT2D eigenvalue weighted by atomic mass is 19.4. The molecule has 10 rings (SSSR count). The van der Waals surface area contributed by atoms with E-state index < -0.39 is 11.7 Å². The lowest BCUT2D eigenvalue weighted by molar-refractivity contribution is -0.137. The van der Waals surface area contributed by atoms with E-state index in [-0.39, 0.29) is 0 Å². The molecule has 55 heavy (non-hydrogen) atoms. The lowest BCUT2D eigenvalue weighted by atomic mass is 10.1. The van der Waals surface area contributed by atoms with Gasteiger partial charge in [-0.1, -0.05) is 97.1 Å². The first-order valence-electron chi connectivity index (χ1n) is 17.9. The fraction of sp³-hybridized carbons (Fsp3) is 0.0426. The van der Waals surface area contributed by atoms with Gasteiger partial charge in [0.2, 0.25) is 0 Å². The van der Waals surface area contributed by atoms with E-state index in [0.717, 1.165) is 71.7 Å². The average molecular weight is 722 g/mol. The molecule has 0 amide bonds. The molecule has 0 N–H and O–H groups in total. The smallest absolute Gasteiger partial charge is 0.309 e. The molecule has 0 unspecified atom stereocenters. The van der Waals surface area contributed by atoms with Crippen molar-refractivity contribution < 1.29 is 13.2 Å². The second-order valence-electron chi connectivity index (χ2n) is 13.7. The molecule has 5 nitrogen and oxygen atoms in total. The number of aromatic nitrogens is 5. The Morgan fingerprint density at radius 3 is 1.53 bits per heavy atom. The number of benzene rings is 7. The molecule has 3 aromatic heterocycles. The molecule has 3 heterocycles. The molecule has 0 aliphatic rings. The highest BCUT2D eigenvalue weighted by Gasteiger charge is 2.31. The third kappa shape index (κ3) is 5.53. The Morgan fingerprint density at radius 1 is 0.400 bits per heavy atom. The van der Waals surface area contributed by atoms with Crippen LogP contribution in [0.5, 0.6) is 0 Å². The molecule has 8 heteroatoms. The maximum Gasteiger partial charge on any atom is 0.416 e. The van der Waals surface area contributed by atoms with Gasteiger partial charge >= 0.3 is 6.18 Å². The monoisotopic (exact) mass is 721 g/mol. The van der Waals surface area contributed by atoms with Gasteiger partial charge in [0, 0.05) is 49.6 Å². The quantitative estimate of drug-likeness (QED) is 0.178. The van der Waals surface area contributed by atoms with Gasteiger partial charge in [-0.3, -0.25) is 0 Å². The number of aryl methyl sites for hydroxylation is 1. The van der Waals surface area contributed by atoms with Crippen LogP contribution in [0, 0.1) is 6.92 Å². The first-order chi connectivity index (χ1) is 26.8. The Morgan fingerprint density at radius 2 is 0.891 bits per heavy atom. The zero-order valence-corrected chi connectivity index (χ0v) is 29.5. The Hall–Kier alpha value is -7.06. The zero-order valence-electron chi connectivity index (χ0n) is 29.5. The van der Waals surface area contributed by atoms with Crippen molar-refractivity contribution in [1.29, 1.82) is 0 Å². The van der Waals surface area contributed by atoms with Crippen molar-refractivity contribution in [3.63, 3.8) is 0 Å². The maximum atomic E-state index is 14.0. The van der Waals surface area contributed by atoms with Crippen molar-refractivity contribution in [2.24, 2.45) is 0 Å². The summed E-state index contributed by atoms with van der Waals surface area (Å²) in [6.45, 7) is 2.00. The van der Waals surface area contributed by atoms with Gasteiger partial charge in [-0.2, -0.15) is 13.2 Å². The van der Waals surface area contributed by atoms with E-state index in [9.17, 15) is 13.2 Å². The van der Waals surface area contributed by atoms with E-state index in [2.05, 4.69) is 41.0 Å². The molecule has 7 aromatic carbocycles. The Balaban J connectivity index is 1.12. The van der Waals surface area contributed by atoms with Gasteiger partial charge in [-0.25, -0.2) is 15.0 Å². The Bertz CT molecular complexity index is 3020. The van der Waals surface area contributed by atoms with Crippen molar-refractivity contribution in [2.45, 2.75) is 13.1 Å². The predicted octanol–water partition coefficient (Wildman–Crippen LogP) is 12.4. The third-order valence-corrected chi connectivity index (χ3v) is 10.2. The van der Waals surface area contributed by atoms with Gasteiger partial charge in [-0.05, 0) is 79.2 Å². The first kappa shape index (κ1) is 32.6. The van der Waals surface area contributed by atoms with Crippen LogP contribution in [0.4, 0.5) is 13.2 Å². The molecule has 0 fully saturated rings. The van der Waals surface area contributed by atoms with Gasteiger partial charge < -0.3 is 9.13 Å². The molecule has 0 aliphatic heterocycles. The molecule has 264 valence electrons. The van der Waals surface area contributed by atoms with E-state index >= 15 is 0 Å². The van der Waals surface area contributed by atoms with Crippen molar-refractivity contribution >= 4 is 43.6 Å². The summed E-state index contributed by atoms with van der Waals surface area (Å²) in [5.74, 6) is 1.76. The summed E-state index contributed by atoms with van der Waals surface area (Å²) in [5, 5.41) is 3.70. The second kappa shape index (κ2) is 12.5. The van der Waals surface area contributed by atoms with E-state index in [1.54, 1.807) is 6.07 Å². The molecule has 0 atom stereocenters. The number of alkyl halides is 3. The van der Waals surface area contributed by atoms with E-state index in [1.165, 1.54) is 12.1 Å². The van der Waals surface area contributed by atoms with Gasteiger partial charge in [0.25, 0.3) is 0 Å². The molecule has 0 saturated carbocycles. The molecule has 10 aromatic rings. The summed E-state index contributed by atoms with van der Waals surface area (Å²) < 4.78 is 46.1. The number of nitrogens with zero attached hydrogens (tertiary/aromatic N) is 5. The first-order valence-corrected chi connectivity index (χ1v) is 17.9. The van der Waals surface area contributed by atoms with Crippen LogP contribution in [0.2, 0.25) is 0 Å². The van der Waals surface area contributed by atoms with Crippen LogP contribution in [0.15, 0.2) is 164 Å². The van der Waals surface area contributed by atoms with Crippen LogP contribution in [-0.2, 0) is 6.18 Å². The van der Waals surface area contributed by atoms with E-state index in [4.69, 9.17) is 15.0 Å². The summed E-state index contributed by atoms with van der Waals surface area (Å²) in [4.78, 5) is 14.6. The van der Waals surface area contributed by atoms with Crippen LogP contribution in [0.3, 0.4) is 0 Å². The van der Waals surface area contributed by atoms with Crippen LogP contribution in [-0.4, -0.2) is 24.1 Å². The predicted molar refractivity (Wildman–Crippen MR) is 215 cm³/mol. The molecular weight excluding hydrogens is 692 g/mol. The summed E-state index contributed by atoms with van der Waals surface area (Å²) in [6, 6.07) is 52.4. The summed E-state index contributed by atoms with van der Waals surface area (Å²) in [5.41, 5.74) is 8.10. The molecule has 0 aliphatic carbocycles. The number of para-hydroxylation sites is 1. The normalized spacial score (nSPS) is 12.0. The zero-order chi connectivity index (χ0) is 37.3. The second-order valence-corrected chi connectivity index (χ2v) is 13.7. The Labute approximate surface area is 313 Å². The van der Waals surface area contributed by atoms with Gasteiger partial charge in [0.1, 0.15) is 0 Å². The minimum Gasteiger partial charge on any atom is -0.309 e. The minimum atomic E-state index is -4.46. The molecule has 0 bridgehead atoms. The molecule has 0 radical (unpaired) electrons. The average Bonchev–Trinajstić information content (AvgIpc) is 3.72. The highest BCUT2D eigenvalue weighted by Crippen LogP contribution is 2.40. The lowest BCUT2D eigenvalue weighted by Crippen LogP contribution is -2.05. The van der Waals surface area contributed by atoms with Crippen LogP contribution >= 0.6 is 0 Å².